The second kappa shape index (κ2) is 6.43. The van der Waals surface area contributed by atoms with Gasteiger partial charge in [0.15, 0.2) is 0 Å². The largest absolute Gasteiger partial charge is 0.498 e. The van der Waals surface area contributed by atoms with Crippen molar-refractivity contribution in [3.05, 3.63) is 59.1 Å². The predicted octanol–water partition coefficient (Wildman–Crippen LogP) is 4.22. The molecule has 1 heterocycles. The van der Waals surface area contributed by atoms with E-state index in [-0.39, 0.29) is 11.2 Å². The molecule has 0 atom stereocenters. The zero-order chi connectivity index (χ0) is 17.4. The zero-order valence-electron chi connectivity index (χ0n) is 14.5. The Morgan fingerprint density at radius 2 is 1.62 bits per heavy atom. The van der Waals surface area contributed by atoms with E-state index < -0.39 is 7.12 Å². The lowest BCUT2D eigenvalue weighted by atomic mass is 9.78. The molecule has 0 unspecified atom stereocenters. The highest BCUT2D eigenvalue weighted by Crippen LogP contribution is 2.37. The van der Waals surface area contributed by atoms with Gasteiger partial charge < -0.3 is 14.0 Å². The third kappa shape index (κ3) is 3.46. The molecule has 0 aliphatic carbocycles. The molecule has 1 aliphatic rings. The highest BCUT2D eigenvalue weighted by atomic mass is 35.5. The molecular formula is C19H22BClO3. The van der Waals surface area contributed by atoms with E-state index in [0.717, 1.165) is 16.8 Å². The van der Waals surface area contributed by atoms with Crippen LogP contribution in [-0.2, 0) is 15.9 Å². The Kier molecular flexibility index (Phi) is 4.65. The summed E-state index contributed by atoms with van der Waals surface area (Å²) in [6, 6.07) is 15.5. The number of halogens is 1. The van der Waals surface area contributed by atoms with Crippen molar-refractivity contribution in [3.63, 3.8) is 0 Å². The Labute approximate surface area is 149 Å². The third-order valence-electron chi connectivity index (χ3n) is 4.71. The first-order valence-corrected chi connectivity index (χ1v) is 8.48. The van der Waals surface area contributed by atoms with Crippen molar-refractivity contribution in [2.24, 2.45) is 0 Å². The van der Waals surface area contributed by atoms with Gasteiger partial charge in [-0.1, -0.05) is 41.9 Å². The summed E-state index contributed by atoms with van der Waals surface area (Å²) in [6.45, 7) is 8.62. The maximum Gasteiger partial charge on any atom is 0.498 e. The van der Waals surface area contributed by atoms with Crippen LogP contribution in [0.15, 0.2) is 48.5 Å². The fraction of sp³-hybridized carbons (Fsp3) is 0.368. The second-order valence-electron chi connectivity index (χ2n) is 7.04. The molecule has 1 saturated heterocycles. The van der Waals surface area contributed by atoms with Gasteiger partial charge in [-0.3, -0.25) is 0 Å². The Hall–Kier alpha value is -1.49. The summed E-state index contributed by atoms with van der Waals surface area (Å²) in [5, 5.41) is 0.704. The number of hydrogen-bond acceptors (Lipinski definition) is 3. The van der Waals surface area contributed by atoms with Gasteiger partial charge >= 0.3 is 7.12 Å². The zero-order valence-corrected chi connectivity index (χ0v) is 15.3. The molecule has 5 heteroatoms. The molecule has 1 aliphatic heterocycles. The number of para-hydroxylation sites is 1. The van der Waals surface area contributed by atoms with Crippen LogP contribution in [0.4, 0.5) is 0 Å². The maximum absolute atomic E-state index is 6.14. The van der Waals surface area contributed by atoms with Crippen molar-refractivity contribution in [2.75, 3.05) is 0 Å². The normalized spacial score (nSPS) is 18.6. The Morgan fingerprint density at radius 3 is 2.29 bits per heavy atom. The highest BCUT2D eigenvalue weighted by Gasteiger charge is 2.52. The molecule has 0 N–H and O–H groups in total. The topological polar surface area (TPSA) is 27.7 Å². The van der Waals surface area contributed by atoms with Crippen LogP contribution in [0, 0.1) is 0 Å². The fourth-order valence-corrected chi connectivity index (χ4v) is 2.78. The van der Waals surface area contributed by atoms with Crippen molar-refractivity contribution >= 4 is 24.2 Å². The first-order chi connectivity index (χ1) is 11.3. The quantitative estimate of drug-likeness (QED) is 0.777. The van der Waals surface area contributed by atoms with E-state index in [9.17, 15) is 0 Å². The van der Waals surface area contributed by atoms with Crippen LogP contribution in [0.25, 0.3) is 0 Å². The monoisotopic (exact) mass is 344 g/mol. The third-order valence-corrected chi connectivity index (χ3v) is 4.94. The van der Waals surface area contributed by atoms with Crippen LogP contribution < -0.4 is 10.2 Å². The van der Waals surface area contributed by atoms with Crippen molar-refractivity contribution in [2.45, 2.75) is 45.5 Å². The van der Waals surface area contributed by atoms with E-state index in [2.05, 4.69) is 0 Å². The lowest BCUT2D eigenvalue weighted by Crippen LogP contribution is -2.41. The van der Waals surface area contributed by atoms with Crippen LogP contribution in [0.2, 0.25) is 5.02 Å². The van der Waals surface area contributed by atoms with Crippen LogP contribution >= 0.6 is 11.6 Å². The summed E-state index contributed by atoms with van der Waals surface area (Å²) >= 11 is 6.03. The lowest BCUT2D eigenvalue weighted by molar-refractivity contribution is 0.00578. The summed E-state index contributed by atoms with van der Waals surface area (Å²) in [5.74, 6) is 0.760. The summed E-state index contributed by atoms with van der Waals surface area (Å²) < 4.78 is 18.3. The Morgan fingerprint density at radius 1 is 0.958 bits per heavy atom. The van der Waals surface area contributed by atoms with E-state index in [4.69, 9.17) is 25.6 Å². The minimum absolute atomic E-state index is 0.377. The van der Waals surface area contributed by atoms with Crippen molar-refractivity contribution in [1.82, 2.24) is 0 Å². The van der Waals surface area contributed by atoms with Crippen LogP contribution in [0.5, 0.6) is 5.75 Å². The molecule has 0 spiro atoms. The molecule has 2 aromatic rings. The Balaban J connectivity index is 1.79. The van der Waals surface area contributed by atoms with E-state index >= 15 is 0 Å². The van der Waals surface area contributed by atoms with Gasteiger partial charge in [0.1, 0.15) is 12.4 Å². The molecule has 126 valence electrons. The Bertz CT molecular complexity index is 714. The van der Waals surface area contributed by atoms with Crippen molar-refractivity contribution in [3.8, 4) is 5.75 Å². The smallest absolute Gasteiger partial charge is 0.489 e. The van der Waals surface area contributed by atoms with Gasteiger partial charge in [0, 0.05) is 10.5 Å². The molecule has 0 amide bonds. The predicted molar refractivity (Wildman–Crippen MR) is 97.9 cm³/mol. The summed E-state index contributed by atoms with van der Waals surface area (Å²) in [6.07, 6.45) is 0. The number of ether oxygens (including phenoxy) is 1. The molecular weight excluding hydrogens is 322 g/mol. The highest BCUT2D eigenvalue weighted by molar-refractivity contribution is 6.63. The van der Waals surface area contributed by atoms with Crippen molar-refractivity contribution in [1.29, 1.82) is 0 Å². The number of rotatable bonds is 4. The SMILES string of the molecule is CC1(C)OB(c2ccccc2OCc2cccc(Cl)c2)OC1(C)C. The number of hydrogen-bond donors (Lipinski definition) is 0. The van der Waals surface area contributed by atoms with Gasteiger partial charge in [0.05, 0.1) is 11.2 Å². The molecule has 2 aromatic carbocycles. The van der Waals surface area contributed by atoms with Gasteiger partial charge in [-0.15, -0.1) is 0 Å². The van der Waals surface area contributed by atoms with Crippen LogP contribution in [0.1, 0.15) is 33.3 Å². The van der Waals surface area contributed by atoms with Crippen LogP contribution in [0.3, 0.4) is 0 Å². The van der Waals surface area contributed by atoms with Crippen molar-refractivity contribution < 1.29 is 14.0 Å². The molecule has 1 fully saturated rings. The molecule has 0 saturated carbocycles. The van der Waals surface area contributed by atoms with Crippen LogP contribution in [-0.4, -0.2) is 18.3 Å². The van der Waals surface area contributed by atoms with E-state index in [0.29, 0.717) is 11.6 Å². The minimum Gasteiger partial charge on any atom is -0.489 e. The van der Waals surface area contributed by atoms with Gasteiger partial charge in [-0.2, -0.15) is 0 Å². The minimum atomic E-state index is -0.439. The molecule has 3 rings (SSSR count). The summed E-state index contributed by atoms with van der Waals surface area (Å²) in [4.78, 5) is 0. The van der Waals surface area contributed by atoms with Gasteiger partial charge in [-0.05, 0) is 51.5 Å². The standard InChI is InChI=1S/C19H22BClO3/c1-18(2)19(3,4)24-20(23-18)16-10-5-6-11-17(16)22-13-14-8-7-9-15(21)12-14/h5-12H,13H2,1-4H3. The van der Waals surface area contributed by atoms with Gasteiger partial charge in [0.25, 0.3) is 0 Å². The molecule has 3 nitrogen and oxygen atoms in total. The van der Waals surface area contributed by atoms with Gasteiger partial charge in [0.2, 0.25) is 0 Å². The maximum atomic E-state index is 6.14. The second-order valence-corrected chi connectivity index (χ2v) is 7.48. The van der Waals surface area contributed by atoms with E-state index in [1.54, 1.807) is 0 Å². The lowest BCUT2D eigenvalue weighted by Gasteiger charge is -2.32. The van der Waals surface area contributed by atoms with Gasteiger partial charge in [-0.25, -0.2) is 0 Å². The van der Waals surface area contributed by atoms with E-state index in [1.165, 1.54) is 0 Å². The summed E-state index contributed by atoms with van der Waals surface area (Å²) in [5.41, 5.74) is 1.17. The first kappa shape index (κ1) is 17.3. The number of benzene rings is 2. The fourth-order valence-electron chi connectivity index (χ4n) is 2.56. The molecule has 24 heavy (non-hydrogen) atoms. The molecule has 0 radical (unpaired) electrons. The average Bonchev–Trinajstić information content (AvgIpc) is 2.74. The average molecular weight is 345 g/mol. The first-order valence-electron chi connectivity index (χ1n) is 8.10. The molecule has 0 bridgehead atoms. The summed E-state index contributed by atoms with van der Waals surface area (Å²) in [7, 11) is -0.439. The van der Waals surface area contributed by atoms with E-state index in [1.807, 2.05) is 76.2 Å². The molecule has 0 aromatic heterocycles.